The molecular weight excluding hydrogens is 328 g/mol. The zero-order chi connectivity index (χ0) is 15.4. The third-order valence-corrected chi connectivity index (χ3v) is 4.09. The highest BCUT2D eigenvalue weighted by Crippen LogP contribution is 2.19. The predicted octanol–water partition coefficient (Wildman–Crippen LogP) is 3.70. The van der Waals surface area contributed by atoms with E-state index in [9.17, 15) is 4.79 Å². The van der Waals surface area contributed by atoms with Crippen molar-refractivity contribution in [2.45, 2.75) is 26.3 Å². The number of nitrogens with two attached hydrogens (primary N) is 1. The minimum atomic E-state index is -0.116. The van der Waals surface area contributed by atoms with E-state index in [1.807, 2.05) is 19.1 Å². The molecule has 0 bridgehead atoms. The molecule has 21 heavy (non-hydrogen) atoms. The van der Waals surface area contributed by atoms with Crippen LogP contribution in [0.5, 0.6) is 0 Å². The molecule has 1 unspecified atom stereocenters. The van der Waals surface area contributed by atoms with Crippen LogP contribution in [0.15, 0.2) is 46.9 Å². The highest BCUT2D eigenvalue weighted by atomic mass is 79.9. The molecule has 0 fully saturated rings. The number of carbonyl (C=O) groups is 1. The van der Waals surface area contributed by atoms with E-state index in [2.05, 4.69) is 40.3 Å². The molecular formula is C17H19BrN2O. The topological polar surface area (TPSA) is 55.1 Å². The van der Waals surface area contributed by atoms with E-state index in [-0.39, 0.29) is 11.9 Å². The molecule has 0 spiro atoms. The van der Waals surface area contributed by atoms with Crippen LogP contribution in [0.2, 0.25) is 0 Å². The van der Waals surface area contributed by atoms with Gasteiger partial charge in [0.25, 0.3) is 5.91 Å². The maximum absolute atomic E-state index is 12.3. The highest BCUT2D eigenvalue weighted by molar-refractivity contribution is 9.10. The van der Waals surface area contributed by atoms with Crippen LogP contribution >= 0.6 is 15.9 Å². The van der Waals surface area contributed by atoms with Gasteiger partial charge in [-0.15, -0.1) is 0 Å². The minimum Gasteiger partial charge on any atom is -0.399 e. The van der Waals surface area contributed by atoms with Gasteiger partial charge in [0.1, 0.15) is 0 Å². The Morgan fingerprint density at radius 3 is 2.71 bits per heavy atom. The van der Waals surface area contributed by atoms with E-state index in [4.69, 9.17) is 5.73 Å². The molecule has 0 aliphatic carbocycles. The molecule has 0 radical (unpaired) electrons. The Hall–Kier alpha value is -1.81. The van der Waals surface area contributed by atoms with Gasteiger partial charge in [-0.3, -0.25) is 4.79 Å². The summed E-state index contributed by atoms with van der Waals surface area (Å²) in [5.41, 5.74) is 9.37. The van der Waals surface area contributed by atoms with E-state index in [0.29, 0.717) is 11.3 Å². The summed E-state index contributed by atoms with van der Waals surface area (Å²) in [5, 5.41) is 3.02. The van der Waals surface area contributed by atoms with Crippen molar-refractivity contribution in [2.24, 2.45) is 0 Å². The summed E-state index contributed by atoms with van der Waals surface area (Å²) in [6.45, 7) is 4.09. The zero-order valence-electron chi connectivity index (χ0n) is 12.2. The van der Waals surface area contributed by atoms with E-state index in [1.54, 1.807) is 18.2 Å². The molecule has 4 heteroatoms. The summed E-state index contributed by atoms with van der Waals surface area (Å²) in [5.74, 6) is -0.116. The van der Waals surface area contributed by atoms with Crippen LogP contribution in [-0.4, -0.2) is 11.9 Å². The maximum atomic E-state index is 12.3. The lowest BCUT2D eigenvalue weighted by atomic mass is 10.0. The molecule has 3 nitrogen and oxygen atoms in total. The first-order valence-corrected chi connectivity index (χ1v) is 7.67. The molecule has 2 aromatic rings. The average molecular weight is 347 g/mol. The van der Waals surface area contributed by atoms with Crippen LogP contribution in [0.25, 0.3) is 0 Å². The van der Waals surface area contributed by atoms with Crippen LogP contribution in [0.1, 0.15) is 28.4 Å². The lowest BCUT2D eigenvalue weighted by Crippen LogP contribution is -2.34. The van der Waals surface area contributed by atoms with Crippen LogP contribution in [0.4, 0.5) is 5.69 Å². The van der Waals surface area contributed by atoms with E-state index in [0.717, 1.165) is 10.9 Å². The van der Waals surface area contributed by atoms with Gasteiger partial charge < -0.3 is 11.1 Å². The molecule has 0 heterocycles. The Bertz CT molecular complexity index is 655. The summed E-state index contributed by atoms with van der Waals surface area (Å²) in [6, 6.07) is 13.5. The molecule has 1 amide bonds. The fourth-order valence-electron chi connectivity index (χ4n) is 2.24. The number of rotatable bonds is 4. The number of benzene rings is 2. The number of carbonyl (C=O) groups excluding carboxylic acids is 1. The van der Waals surface area contributed by atoms with E-state index < -0.39 is 0 Å². The quantitative estimate of drug-likeness (QED) is 0.829. The van der Waals surface area contributed by atoms with Gasteiger partial charge in [0.05, 0.1) is 5.56 Å². The average Bonchev–Trinajstić information content (AvgIpc) is 2.44. The van der Waals surface area contributed by atoms with Crippen molar-refractivity contribution in [3.8, 4) is 0 Å². The maximum Gasteiger partial charge on any atom is 0.252 e. The van der Waals surface area contributed by atoms with Gasteiger partial charge in [-0.1, -0.05) is 24.3 Å². The van der Waals surface area contributed by atoms with Crippen molar-refractivity contribution in [3.63, 3.8) is 0 Å². The molecule has 2 aromatic carbocycles. The Labute approximate surface area is 133 Å². The van der Waals surface area contributed by atoms with Crippen molar-refractivity contribution in [2.75, 3.05) is 5.73 Å². The second-order valence-corrected chi connectivity index (χ2v) is 6.10. The van der Waals surface area contributed by atoms with Crippen LogP contribution in [0, 0.1) is 6.92 Å². The number of nitrogens with one attached hydrogen (secondary N) is 1. The SMILES string of the molecule is Cc1ccccc1CC(C)NC(=O)c1cc(N)ccc1Br. The first kappa shape index (κ1) is 15.6. The standard InChI is InChI=1S/C17H19BrN2O/c1-11-5-3-4-6-13(11)9-12(2)20-17(21)15-10-14(19)7-8-16(15)18/h3-8,10,12H,9,19H2,1-2H3,(H,20,21). The minimum absolute atomic E-state index is 0.0481. The van der Waals surface area contributed by atoms with Crippen molar-refractivity contribution in [1.82, 2.24) is 5.32 Å². The third-order valence-electron chi connectivity index (χ3n) is 3.40. The fourth-order valence-corrected chi connectivity index (χ4v) is 2.67. The van der Waals surface area contributed by atoms with Crippen molar-refractivity contribution >= 4 is 27.5 Å². The number of aryl methyl sites for hydroxylation is 1. The lowest BCUT2D eigenvalue weighted by molar-refractivity contribution is 0.0939. The monoisotopic (exact) mass is 346 g/mol. The van der Waals surface area contributed by atoms with E-state index in [1.165, 1.54) is 11.1 Å². The molecule has 110 valence electrons. The molecule has 0 aliphatic rings. The van der Waals surface area contributed by atoms with Crippen LogP contribution < -0.4 is 11.1 Å². The van der Waals surface area contributed by atoms with Gasteiger partial charge in [0.2, 0.25) is 0 Å². The first-order valence-electron chi connectivity index (χ1n) is 6.87. The summed E-state index contributed by atoms with van der Waals surface area (Å²) in [6.07, 6.45) is 0.804. The Morgan fingerprint density at radius 1 is 1.29 bits per heavy atom. The smallest absolute Gasteiger partial charge is 0.252 e. The lowest BCUT2D eigenvalue weighted by Gasteiger charge is -2.16. The van der Waals surface area contributed by atoms with Gasteiger partial charge in [0, 0.05) is 16.2 Å². The Balaban J connectivity index is 2.06. The normalized spacial score (nSPS) is 12.0. The predicted molar refractivity (Wildman–Crippen MR) is 90.4 cm³/mol. The van der Waals surface area contributed by atoms with E-state index >= 15 is 0 Å². The molecule has 0 aliphatic heterocycles. The van der Waals surface area contributed by atoms with Gasteiger partial charge in [-0.05, 0) is 65.5 Å². The number of nitrogen functional groups attached to an aromatic ring is 1. The largest absolute Gasteiger partial charge is 0.399 e. The second kappa shape index (κ2) is 6.76. The molecule has 2 rings (SSSR count). The van der Waals surface area contributed by atoms with Gasteiger partial charge in [-0.25, -0.2) is 0 Å². The number of amides is 1. The molecule has 0 saturated carbocycles. The second-order valence-electron chi connectivity index (χ2n) is 5.24. The van der Waals surface area contributed by atoms with Crippen molar-refractivity contribution < 1.29 is 4.79 Å². The molecule has 3 N–H and O–H groups in total. The Morgan fingerprint density at radius 2 is 2.00 bits per heavy atom. The number of hydrogen-bond donors (Lipinski definition) is 2. The molecule has 0 saturated heterocycles. The molecule has 0 aromatic heterocycles. The van der Waals surface area contributed by atoms with Crippen molar-refractivity contribution in [1.29, 1.82) is 0 Å². The fraction of sp³-hybridized carbons (Fsp3) is 0.235. The number of hydrogen-bond acceptors (Lipinski definition) is 2. The summed E-state index contributed by atoms with van der Waals surface area (Å²) in [7, 11) is 0. The van der Waals surface area contributed by atoms with Gasteiger partial charge in [0.15, 0.2) is 0 Å². The first-order chi connectivity index (χ1) is 9.97. The third kappa shape index (κ3) is 4.08. The number of halogens is 1. The summed E-state index contributed by atoms with van der Waals surface area (Å²) >= 11 is 3.38. The van der Waals surface area contributed by atoms with Gasteiger partial charge in [-0.2, -0.15) is 0 Å². The summed E-state index contributed by atoms with van der Waals surface area (Å²) < 4.78 is 0.747. The van der Waals surface area contributed by atoms with Gasteiger partial charge >= 0.3 is 0 Å². The highest BCUT2D eigenvalue weighted by Gasteiger charge is 2.14. The molecule has 1 atom stereocenters. The Kier molecular flexibility index (Phi) is 5.02. The number of anilines is 1. The zero-order valence-corrected chi connectivity index (χ0v) is 13.8. The van der Waals surface area contributed by atoms with Crippen LogP contribution in [-0.2, 0) is 6.42 Å². The van der Waals surface area contributed by atoms with Crippen LogP contribution in [0.3, 0.4) is 0 Å². The summed E-state index contributed by atoms with van der Waals surface area (Å²) in [4.78, 5) is 12.3. The van der Waals surface area contributed by atoms with Crippen molar-refractivity contribution in [3.05, 3.63) is 63.6 Å².